The van der Waals surface area contributed by atoms with E-state index in [2.05, 4.69) is 25.8 Å². The van der Waals surface area contributed by atoms with Gasteiger partial charge in [-0.3, -0.25) is 4.79 Å². The summed E-state index contributed by atoms with van der Waals surface area (Å²) in [6.07, 6.45) is 8.09. The zero-order chi connectivity index (χ0) is 15.4. The Morgan fingerprint density at radius 3 is 2.50 bits per heavy atom. The Balaban J connectivity index is 1.69. The molecule has 2 fully saturated rings. The second-order valence-electron chi connectivity index (χ2n) is 6.41. The largest absolute Gasteiger partial charge is 0.370 e. The highest BCUT2D eigenvalue weighted by atomic mass is 16.1. The van der Waals surface area contributed by atoms with Crippen LogP contribution >= 0.6 is 0 Å². The SMILES string of the molecule is NC(=O)CC1CCCN(c2cc(N3CCCCC3)ncn2)C1. The number of anilines is 2. The van der Waals surface area contributed by atoms with Crippen LogP contribution < -0.4 is 15.5 Å². The molecule has 6 nitrogen and oxygen atoms in total. The zero-order valence-corrected chi connectivity index (χ0v) is 13.1. The van der Waals surface area contributed by atoms with Crippen molar-refractivity contribution < 1.29 is 4.79 Å². The van der Waals surface area contributed by atoms with E-state index in [1.807, 2.05) is 0 Å². The molecule has 2 aliphatic rings. The van der Waals surface area contributed by atoms with Crippen molar-refractivity contribution in [1.82, 2.24) is 9.97 Å². The number of carbonyl (C=O) groups excluding carboxylic acids is 1. The molecule has 2 saturated heterocycles. The first-order valence-electron chi connectivity index (χ1n) is 8.32. The van der Waals surface area contributed by atoms with Crippen molar-refractivity contribution in [3.8, 4) is 0 Å². The summed E-state index contributed by atoms with van der Waals surface area (Å²) in [5.74, 6) is 2.15. The fourth-order valence-electron chi connectivity index (χ4n) is 3.53. The van der Waals surface area contributed by atoms with E-state index in [-0.39, 0.29) is 5.91 Å². The number of amides is 1. The van der Waals surface area contributed by atoms with Crippen LogP contribution in [0.5, 0.6) is 0 Å². The third-order valence-electron chi connectivity index (χ3n) is 4.65. The first-order valence-corrected chi connectivity index (χ1v) is 8.32. The average molecular weight is 303 g/mol. The molecule has 3 heterocycles. The second kappa shape index (κ2) is 6.94. The van der Waals surface area contributed by atoms with Crippen LogP contribution in [-0.2, 0) is 4.79 Å². The minimum atomic E-state index is -0.205. The van der Waals surface area contributed by atoms with Crippen molar-refractivity contribution in [2.75, 3.05) is 36.0 Å². The van der Waals surface area contributed by atoms with E-state index in [9.17, 15) is 4.79 Å². The van der Waals surface area contributed by atoms with Gasteiger partial charge in [-0.1, -0.05) is 0 Å². The molecule has 1 atom stereocenters. The first kappa shape index (κ1) is 15.1. The van der Waals surface area contributed by atoms with Gasteiger partial charge in [0, 0.05) is 38.7 Å². The Morgan fingerprint density at radius 2 is 1.77 bits per heavy atom. The van der Waals surface area contributed by atoms with Gasteiger partial charge in [0.25, 0.3) is 0 Å². The standard InChI is InChI=1S/C16H25N5O/c17-14(22)9-13-5-4-8-21(11-13)16-10-15(18-12-19-16)20-6-2-1-3-7-20/h10,12-13H,1-9,11H2,(H2,17,22). The quantitative estimate of drug-likeness (QED) is 0.913. The maximum absolute atomic E-state index is 11.1. The molecule has 2 aliphatic heterocycles. The number of nitrogens with two attached hydrogens (primary N) is 1. The summed E-state index contributed by atoms with van der Waals surface area (Å²) < 4.78 is 0. The molecule has 22 heavy (non-hydrogen) atoms. The molecule has 1 unspecified atom stereocenters. The second-order valence-corrected chi connectivity index (χ2v) is 6.41. The minimum absolute atomic E-state index is 0.205. The lowest BCUT2D eigenvalue weighted by atomic mass is 9.94. The van der Waals surface area contributed by atoms with Gasteiger partial charge in [0.05, 0.1) is 0 Å². The number of rotatable bonds is 4. The molecule has 1 aromatic rings. The van der Waals surface area contributed by atoms with Crippen LogP contribution in [0.25, 0.3) is 0 Å². The van der Waals surface area contributed by atoms with Crippen molar-refractivity contribution in [3.63, 3.8) is 0 Å². The van der Waals surface area contributed by atoms with Crippen molar-refractivity contribution in [3.05, 3.63) is 12.4 Å². The average Bonchev–Trinajstić information content (AvgIpc) is 2.55. The highest BCUT2D eigenvalue weighted by molar-refractivity contribution is 5.74. The van der Waals surface area contributed by atoms with Gasteiger partial charge < -0.3 is 15.5 Å². The van der Waals surface area contributed by atoms with Crippen LogP contribution in [-0.4, -0.2) is 42.1 Å². The molecule has 1 aromatic heterocycles. The summed E-state index contributed by atoms with van der Waals surface area (Å²) in [5, 5.41) is 0. The van der Waals surface area contributed by atoms with Crippen LogP contribution in [0.1, 0.15) is 38.5 Å². The molecular formula is C16H25N5O. The van der Waals surface area contributed by atoms with E-state index in [1.54, 1.807) is 6.33 Å². The van der Waals surface area contributed by atoms with Gasteiger partial charge in [-0.25, -0.2) is 9.97 Å². The van der Waals surface area contributed by atoms with Crippen molar-refractivity contribution in [2.45, 2.75) is 38.5 Å². The summed E-state index contributed by atoms with van der Waals surface area (Å²) in [7, 11) is 0. The molecule has 1 amide bonds. The molecular weight excluding hydrogens is 278 g/mol. The van der Waals surface area contributed by atoms with Crippen molar-refractivity contribution in [2.24, 2.45) is 11.7 Å². The van der Waals surface area contributed by atoms with E-state index in [4.69, 9.17) is 5.73 Å². The summed E-state index contributed by atoms with van der Waals surface area (Å²) in [5.41, 5.74) is 5.34. The number of piperidine rings is 2. The number of carbonyl (C=O) groups is 1. The molecule has 3 rings (SSSR count). The molecule has 6 heteroatoms. The number of primary amides is 1. The smallest absolute Gasteiger partial charge is 0.217 e. The zero-order valence-electron chi connectivity index (χ0n) is 13.1. The normalized spacial score (nSPS) is 22.6. The molecule has 120 valence electrons. The molecule has 0 radical (unpaired) electrons. The van der Waals surface area contributed by atoms with E-state index >= 15 is 0 Å². The Labute approximate surface area is 131 Å². The Bertz CT molecular complexity index is 515. The van der Waals surface area contributed by atoms with Crippen molar-refractivity contribution in [1.29, 1.82) is 0 Å². The van der Waals surface area contributed by atoms with Gasteiger partial charge in [0.1, 0.15) is 18.0 Å². The Kier molecular flexibility index (Phi) is 4.75. The van der Waals surface area contributed by atoms with Gasteiger partial charge >= 0.3 is 0 Å². The highest BCUT2D eigenvalue weighted by Crippen LogP contribution is 2.26. The van der Waals surface area contributed by atoms with Gasteiger partial charge in [-0.2, -0.15) is 0 Å². The first-order chi connectivity index (χ1) is 10.7. The maximum atomic E-state index is 11.1. The summed E-state index contributed by atoms with van der Waals surface area (Å²) >= 11 is 0. The topological polar surface area (TPSA) is 75.4 Å². The van der Waals surface area contributed by atoms with E-state index in [1.165, 1.54) is 19.3 Å². The van der Waals surface area contributed by atoms with Crippen LogP contribution in [0.15, 0.2) is 12.4 Å². The third-order valence-corrected chi connectivity index (χ3v) is 4.65. The Hall–Kier alpha value is -1.85. The lowest BCUT2D eigenvalue weighted by Crippen LogP contribution is -2.38. The molecule has 0 bridgehead atoms. The number of aromatic nitrogens is 2. The minimum Gasteiger partial charge on any atom is -0.370 e. The molecule has 0 saturated carbocycles. The predicted molar refractivity (Wildman–Crippen MR) is 86.8 cm³/mol. The highest BCUT2D eigenvalue weighted by Gasteiger charge is 2.23. The summed E-state index contributed by atoms with van der Waals surface area (Å²) in [4.78, 5) is 24.6. The predicted octanol–water partition coefficient (Wildman–Crippen LogP) is 1.56. The lowest BCUT2D eigenvalue weighted by Gasteiger charge is -2.34. The van der Waals surface area contributed by atoms with Gasteiger partial charge in [0.15, 0.2) is 0 Å². The maximum Gasteiger partial charge on any atom is 0.217 e. The fraction of sp³-hybridized carbons (Fsp3) is 0.688. The number of nitrogens with zero attached hydrogens (tertiary/aromatic N) is 4. The van der Waals surface area contributed by atoms with Crippen LogP contribution in [0, 0.1) is 5.92 Å². The molecule has 2 N–H and O–H groups in total. The third kappa shape index (κ3) is 3.67. The van der Waals surface area contributed by atoms with Crippen LogP contribution in [0.4, 0.5) is 11.6 Å². The molecule has 0 aliphatic carbocycles. The van der Waals surface area contributed by atoms with Gasteiger partial charge in [0.2, 0.25) is 5.91 Å². The van der Waals surface area contributed by atoms with Gasteiger partial charge in [-0.05, 0) is 38.0 Å². The monoisotopic (exact) mass is 303 g/mol. The molecule has 0 aromatic carbocycles. The fourth-order valence-corrected chi connectivity index (χ4v) is 3.53. The van der Waals surface area contributed by atoms with E-state index in [0.717, 1.165) is 50.7 Å². The molecule has 0 spiro atoms. The van der Waals surface area contributed by atoms with Crippen molar-refractivity contribution >= 4 is 17.5 Å². The summed E-state index contributed by atoms with van der Waals surface area (Å²) in [6, 6.07) is 2.10. The van der Waals surface area contributed by atoms with E-state index < -0.39 is 0 Å². The summed E-state index contributed by atoms with van der Waals surface area (Å²) in [6.45, 7) is 4.02. The van der Waals surface area contributed by atoms with E-state index in [0.29, 0.717) is 12.3 Å². The Morgan fingerprint density at radius 1 is 1.09 bits per heavy atom. The number of hydrogen-bond donors (Lipinski definition) is 1. The number of hydrogen-bond acceptors (Lipinski definition) is 5. The van der Waals surface area contributed by atoms with Crippen LogP contribution in [0.2, 0.25) is 0 Å². The van der Waals surface area contributed by atoms with Crippen LogP contribution in [0.3, 0.4) is 0 Å². The lowest BCUT2D eigenvalue weighted by molar-refractivity contribution is -0.118. The van der Waals surface area contributed by atoms with Gasteiger partial charge in [-0.15, -0.1) is 0 Å².